The molecule has 0 aliphatic carbocycles. The van der Waals surface area contributed by atoms with E-state index in [9.17, 15) is 4.79 Å². The number of H-pyrrole nitrogens is 1. The van der Waals surface area contributed by atoms with Crippen molar-refractivity contribution < 1.29 is 14.3 Å². The van der Waals surface area contributed by atoms with Crippen LogP contribution in [-0.4, -0.2) is 45.9 Å². The summed E-state index contributed by atoms with van der Waals surface area (Å²) in [4.78, 5) is 22.0. The van der Waals surface area contributed by atoms with Crippen LogP contribution in [0.25, 0.3) is 22.3 Å². The van der Waals surface area contributed by atoms with Gasteiger partial charge in [-0.3, -0.25) is 9.89 Å². The fourth-order valence-corrected chi connectivity index (χ4v) is 3.76. The van der Waals surface area contributed by atoms with E-state index in [1.165, 1.54) is 0 Å². The van der Waals surface area contributed by atoms with Crippen molar-refractivity contribution in [3.8, 4) is 17.1 Å². The van der Waals surface area contributed by atoms with Gasteiger partial charge in [-0.2, -0.15) is 5.10 Å². The summed E-state index contributed by atoms with van der Waals surface area (Å²) in [7, 11) is 0. The molecule has 2 aromatic heterocycles. The van der Waals surface area contributed by atoms with Crippen molar-refractivity contribution in [2.75, 3.05) is 30.5 Å². The lowest BCUT2D eigenvalue weighted by Gasteiger charge is -2.13. The Labute approximate surface area is 190 Å². The van der Waals surface area contributed by atoms with E-state index < -0.39 is 0 Å². The van der Waals surface area contributed by atoms with Gasteiger partial charge in [0.05, 0.1) is 24.6 Å². The number of aromatic nitrogens is 4. The molecule has 33 heavy (non-hydrogen) atoms. The highest BCUT2D eigenvalue weighted by Crippen LogP contribution is 2.30. The molecule has 9 heteroatoms. The summed E-state index contributed by atoms with van der Waals surface area (Å²) in [5.74, 6) is 2.38. The molecular weight excluding hydrogens is 420 g/mol. The quantitative estimate of drug-likeness (QED) is 0.393. The molecule has 0 saturated carbocycles. The van der Waals surface area contributed by atoms with Crippen LogP contribution in [0.15, 0.2) is 54.7 Å². The number of rotatable bonds is 7. The molecule has 4 aromatic rings. The Morgan fingerprint density at radius 3 is 2.94 bits per heavy atom. The first-order valence-electron chi connectivity index (χ1n) is 10.9. The van der Waals surface area contributed by atoms with Crippen molar-refractivity contribution in [1.82, 2.24) is 20.2 Å². The first-order valence-corrected chi connectivity index (χ1v) is 10.9. The van der Waals surface area contributed by atoms with E-state index in [0.29, 0.717) is 43.0 Å². The van der Waals surface area contributed by atoms with Crippen LogP contribution in [0.4, 0.5) is 17.3 Å². The predicted octanol–water partition coefficient (Wildman–Crippen LogP) is 4.14. The smallest absolute Gasteiger partial charge is 0.229 e. The van der Waals surface area contributed by atoms with E-state index in [2.05, 4.69) is 20.8 Å². The molecule has 1 atom stereocenters. The van der Waals surface area contributed by atoms with E-state index in [4.69, 9.17) is 19.4 Å². The standard InChI is InChI=1S/C24H24N6O3/c1-2-33-18-6-7-20-19(13-18)23(28-21-8-10-25-30-21)29-22(27-20)15-4-3-5-17(12-15)26-24(31)16-9-11-32-14-16/h3-8,10,12-13,16H,2,9,11,14H2,1H3,(H,26,31)(H2,25,27,28,29,30). The van der Waals surface area contributed by atoms with Crippen molar-refractivity contribution in [2.24, 2.45) is 5.92 Å². The second kappa shape index (κ2) is 9.25. The van der Waals surface area contributed by atoms with Gasteiger partial charge in [0.1, 0.15) is 11.6 Å². The van der Waals surface area contributed by atoms with Gasteiger partial charge in [0.15, 0.2) is 11.6 Å². The molecule has 0 spiro atoms. The monoisotopic (exact) mass is 444 g/mol. The molecule has 3 N–H and O–H groups in total. The summed E-state index contributed by atoms with van der Waals surface area (Å²) in [5.41, 5.74) is 2.25. The lowest BCUT2D eigenvalue weighted by Crippen LogP contribution is -2.22. The number of carbonyl (C=O) groups excluding carboxylic acids is 1. The van der Waals surface area contributed by atoms with Crippen molar-refractivity contribution >= 4 is 34.1 Å². The van der Waals surface area contributed by atoms with Gasteiger partial charge in [0, 0.05) is 35.5 Å². The number of ether oxygens (including phenoxy) is 2. The molecule has 3 heterocycles. The van der Waals surface area contributed by atoms with Crippen molar-refractivity contribution in [3.05, 3.63) is 54.7 Å². The minimum absolute atomic E-state index is 0.0339. The Morgan fingerprint density at radius 2 is 2.15 bits per heavy atom. The molecule has 1 amide bonds. The van der Waals surface area contributed by atoms with Gasteiger partial charge in [-0.1, -0.05) is 12.1 Å². The van der Waals surface area contributed by atoms with Crippen LogP contribution >= 0.6 is 0 Å². The summed E-state index contributed by atoms with van der Waals surface area (Å²) < 4.78 is 11.0. The second-order valence-electron chi connectivity index (χ2n) is 7.72. The second-order valence-corrected chi connectivity index (χ2v) is 7.72. The van der Waals surface area contributed by atoms with Crippen LogP contribution in [0.3, 0.4) is 0 Å². The van der Waals surface area contributed by atoms with E-state index >= 15 is 0 Å². The summed E-state index contributed by atoms with van der Waals surface area (Å²) in [5, 5.41) is 14.0. The number of amides is 1. The number of carbonyl (C=O) groups is 1. The van der Waals surface area contributed by atoms with Crippen molar-refractivity contribution in [3.63, 3.8) is 0 Å². The zero-order valence-corrected chi connectivity index (χ0v) is 18.2. The van der Waals surface area contributed by atoms with Crippen LogP contribution in [0.2, 0.25) is 0 Å². The lowest BCUT2D eigenvalue weighted by molar-refractivity contribution is -0.119. The average Bonchev–Trinajstić information content (AvgIpc) is 3.54. The lowest BCUT2D eigenvalue weighted by atomic mass is 10.1. The number of aromatic amines is 1. The Morgan fingerprint density at radius 1 is 1.21 bits per heavy atom. The van der Waals surface area contributed by atoms with Gasteiger partial charge in [0.2, 0.25) is 5.91 Å². The summed E-state index contributed by atoms with van der Waals surface area (Å²) in [6, 6.07) is 15.1. The Kier molecular flexibility index (Phi) is 5.86. The average molecular weight is 444 g/mol. The van der Waals surface area contributed by atoms with Crippen LogP contribution < -0.4 is 15.4 Å². The molecular formula is C24H24N6O3. The SMILES string of the molecule is CCOc1ccc2nc(-c3cccc(NC(=O)C4CCOC4)c3)nc(Nc3cc[nH]n3)c2c1. The van der Waals surface area contributed by atoms with E-state index in [0.717, 1.165) is 28.6 Å². The van der Waals surface area contributed by atoms with Gasteiger partial charge in [-0.15, -0.1) is 0 Å². The summed E-state index contributed by atoms with van der Waals surface area (Å²) in [6.45, 7) is 3.60. The van der Waals surface area contributed by atoms with Crippen LogP contribution in [0, 0.1) is 5.92 Å². The van der Waals surface area contributed by atoms with Crippen LogP contribution in [-0.2, 0) is 9.53 Å². The third-order valence-electron chi connectivity index (χ3n) is 5.41. The third-order valence-corrected chi connectivity index (χ3v) is 5.41. The molecule has 5 rings (SSSR count). The summed E-state index contributed by atoms with van der Waals surface area (Å²) >= 11 is 0. The molecule has 9 nitrogen and oxygen atoms in total. The fourth-order valence-electron chi connectivity index (χ4n) is 3.76. The minimum atomic E-state index is -0.116. The maximum Gasteiger partial charge on any atom is 0.229 e. The molecule has 1 unspecified atom stereocenters. The Bertz CT molecular complexity index is 1270. The molecule has 1 fully saturated rings. The first-order chi connectivity index (χ1) is 16.2. The normalized spacial score (nSPS) is 15.5. The highest BCUT2D eigenvalue weighted by Gasteiger charge is 2.23. The molecule has 1 aliphatic rings. The van der Waals surface area contributed by atoms with Gasteiger partial charge in [-0.25, -0.2) is 9.97 Å². The van der Waals surface area contributed by atoms with Crippen LogP contribution in [0.1, 0.15) is 13.3 Å². The molecule has 1 aliphatic heterocycles. The highest BCUT2D eigenvalue weighted by molar-refractivity contribution is 5.94. The molecule has 0 radical (unpaired) electrons. The van der Waals surface area contributed by atoms with Crippen LogP contribution in [0.5, 0.6) is 5.75 Å². The van der Waals surface area contributed by atoms with Gasteiger partial charge >= 0.3 is 0 Å². The predicted molar refractivity (Wildman–Crippen MR) is 126 cm³/mol. The maximum atomic E-state index is 12.5. The largest absolute Gasteiger partial charge is 0.494 e. The van der Waals surface area contributed by atoms with E-state index in [1.54, 1.807) is 6.20 Å². The Balaban J connectivity index is 1.51. The Hall–Kier alpha value is -3.98. The highest BCUT2D eigenvalue weighted by atomic mass is 16.5. The molecule has 0 bridgehead atoms. The van der Waals surface area contributed by atoms with E-state index in [-0.39, 0.29) is 11.8 Å². The zero-order chi connectivity index (χ0) is 22.6. The molecule has 1 saturated heterocycles. The maximum absolute atomic E-state index is 12.5. The third kappa shape index (κ3) is 4.63. The number of anilines is 3. The first kappa shape index (κ1) is 20.9. The van der Waals surface area contributed by atoms with Gasteiger partial charge in [-0.05, 0) is 43.7 Å². The number of benzene rings is 2. The van der Waals surface area contributed by atoms with Crippen molar-refractivity contribution in [2.45, 2.75) is 13.3 Å². The minimum Gasteiger partial charge on any atom is -0.494 e. The zero-order valence-electron chi connectivity index (χ0n) is 18.2. The van der Waals surface area contributed by atoms with Gasteiger partial charge < -0.3 is 20.1 Å². The number of nitrogens with one attached hydrogen (secondary N) is 3. The number of hydrogen-bond donors (Lipinski definition) is 3. The number of fused-ring (bicyclic) bond motifs is 1. The topological polar surface area (TPSA) is 114 Å². The number of nitrogens with zero attached hydrogens (tertiary/aromatic N) is 3. The number of hydrogen-bond acceptors (Lipinski definition) is 7. The van der Waals surface area contributed by atoms with Gasteiger partial charge in [0.25, 0.3) is 0 Å². The molecule has 168 valence electrons. The summed E-state index contributed by atoms with van der Waals surface area (Å²) in [6.07, 6.45) is 2.48. The fraction of sp³-hybridized carbons (Fsp3) is 0.250. The van der Waals surface area contributed by atoms with Crippen molar-refractivity contribution in [1.29, 1.82) is 0 Å². The molecule has 2 aromatic carbocycles. The van der Waals surface area contributed by atoms with E-state index in [1.807, 2.05) is 55.5 Å².